The van der Waals surface area contributed by atoms with Crippen molar-refractivity contribution in [2.24, 2.45) is 5.73 Å². The van der Waals surface area contributed by atoms with Gasteiger partial charge in [0.25, 0.3) is 5.89 Å². The highest BCUT2D eigenvalue weighted by atomic mass is 16.5. The predicted molar refractivity (Wildman–Crippen MR) is 75.4 cm³/mol. The Balaban J connectivity index is 1.62. The van der Waals surface area contributed by atoms with E-state index in [-0.39, 0.29) is 12.2 Å². The molecule has 1 aliphatic rings. The van der Waals surface area contributed by atoms with E-state index in [1.165, 1.54) is 0 Å². The lowest BCUT2D eigenvalue weighted by Gasteiger charge is -2.07. The van der Waals surface area contributed by atoms with Crippen LogP contribution in [0.15, 0.2) is 39.3 Å². The van der Waals surface area contributed by atoms with Crippen LogP contribution in [0.2, 0.25) is 0 Å². The topological polar surface area (TPSA) is 87.3 Å². The summed E-state index contributed by atoms with van der Waals surface area (Å²) in [4.78, 5) is 4.39. The van der Waals surface area contributed by atoms with Gasteiger partial charge in [-0.15, -0.1) is 0 Å². The van der Waals surface area contributed by atoms with Crippen molar-refractivity contribution < 1.29 is 13.7 Å². The van der Waals surface area contributed by atoms with Gasteiger partial charge in [-0.1, -0.05) is 23.4 Å². The Morgan fingerprint density at radius 1 is 1.24 bits per heavy atom. The first kappa shape index (κ1) is 12.6. The van der Waals surface area contributed by atoms with Crippen molar-refractivity contribution in [1.82, 2.24) is 10.1 Å². The molecule has 0 radical (unpaired) electrons. The molecule has 3 aromatic rings. The number of rotatable bonds is 3. The van der Waals surface area contributed by atoms with E-state index in [1.54, 1.807) is 0 Å². The maximum atomic E-state index is 5.75. The highest BCUT2D eigenvalue weighted by molar-refractivity contribution is 5.81. The van der Waals surface area contributed by atoms with Gasteiger partial charge in [-0.3, -0.25) is 0 Å². The maximum Gasteiger partial charge on any atom is 0.256 e. The molecule has 0 spiro atoms. The van der Waals surface area contributed by atoms with Gasteiger partial charge in [-0.2, -0.15) is 4.98 Å². The van der Waals surface area contributed by atoms with Crippen molar-refractivity contribution in [1.29, 1.82) is 0 Å². The summed E-state index contributed by atoms with van der Waals surface area (Å²) in [6.07, 6.45) is 1.69. The largest absolute Gasteiger partial charge is 0.453 e. The molecule has 1 saturated heterocycles. The van der Waals surface area contributed by atoms with Gasteiger partial charge in [0.2, 0.25) is 5.82 Å². The van der Waals surface area contributed by atoms with Gasteiger partial charge in [0.05, 0.1) is 6.10 Å². The van der Waals surface area contributed by atoms with Gasteiger partial charge < -0.3 is 19.4 Å². The van der Waals surface area contributed by atoms with Crippen LogP contribution in [0.5, 0.6) is 0 Å². The minimum atomic E-state index is -0.163. The summed E-state index contributed by atoms with van der Waals surface area (Å²) in [7, 11) is 0. The highest BCUT2D eigenvalue weighted by Crippen LogP contribution is 2.33. The van der Waals surface area contributed by atoms with Crippen molar-refractivity contribution in [3.05, 3.63) is 36.2 Å². The van der Waals surface area contributed by atoms with E-state index < -0.39 is 0 Å². The van der Waals surface area contributed by atoms with Crippen LogP contribution in [0.3, 0.4) is 0 Å². The summed E-state index contributed by atoms with van der Waals surface area (Å²) in [5, 5.41) is 5.00. The number of aromatic nitrogens is 2. The first-order valence-electron chi connectivity index (χ1n) is 7.01. The fourth-order valence-corrected chi connectivity index (χ4v) is 2.62. The minimum absolute atomic E-state index is 0.0801. The fraction of sp³-hybridized carbons (Fsp3) is 0.333. The Hall–Kier alpha value is -2.18. The molecule has 6 nitrogen and oxygen atoms in total. The van der Waals surface area contributed by atoms with E-state index in [0.29, 0.717) is 24.0 Å². The van der Waals surface area contributed by atoms with Crippen molar-refractivity contribution in [2.45, 2.75) is 25.0 Å². The number of ether oxygens (including phenoxy) is 1. The summed E-state index contributed by atoms with van der Waals surface area (Å²) in [6, 6.07) is 9.68. The minimum Gasteiger partial charge on any atom is -0.453 e. The highest BCUT2D eigenvalue weighted by Gasteiger charge is 2.30. The van der Waals surface area contributed by atoms with E-state index in [9.17, 15) is 0 Å². The van der Waals surface area contributed by atoms with E-state index in [0.717, 1.165) is 23.8 Å². The molecule has 0 aliphatic carbocycles. The smallest absolute Gasteiger partial charge is 0.256 e. The quantitative estimate of drug-likeness (QED) is 0.796. The van der Waals surface area contributed by atoms with E-state index in [4.69, 9.17) is 19.4 Å². The molecule has 6 heteroatoms. The molecule has 0 amide bonds. The van der Waals surface area contributed by atoms with Crippen LogP contribution >= 0.6 is 0 Å². The molecule has 108 valence electrons. The van der Waals surface area contributed by atoms with Gasteiger partial charge in [0.15, 0.2) is 5.76 Å². The normalized spacial score (nSPS) is 22.1. The Morgan fingerprint density at radius 3 is 2.95 bits per heavy atom. The number of nitrogens with zero attached hydrogens (tertiary/aromatic N) is 2. The van der Waals surface area contributed by atoms with E-state index >= 15 is 0 Å². The van der Waals surface area contributed by atoms with Crippen molar-refractivity contribution in [3.8, 4) is 11.6 Å². The van der Waals surface area contributed by atoms with E-state index in [1.807, 2.05) is 30.3 Å². The average molecular weight is 285 g/mol. The maximum absolute atomic E-state index is 5.75. The fourth-order valence-electron chi connectivity index (χ4n) is 2.62. The molecule has 2 atom stereocenters. The third kappa shape index (κ3) is 2.22. The van der Waals surface area contributed by atoms with Crippen LogP contribution in [-0.4, -0.2) is 22.8 Å². The molecule has 2 aromatic heterocycles. The number of nitrogens with two attached hydrogens (primary N) is 1. The molecule has 21 heavy (non-hydrogen) atoms. The Bertz CT molecular complexity index is 731. The zero-order chi connectivity index (χ0) is 14.2. The molecule has 2 N–H and O–H groups in total. The Labute approximate surface area is 120 Å². The predicted octanol–water partition coefficient (Wildman–Crippen LogP) is 2.66. The molecule has 0 saturated carbocycles. The lowest BCUT2D eigenvalue weighted by atomic mass is 10.2. The monoisotopic (exact) mass is 285 g/mol. The van der Waals surface area contributed by atoms with Crippen LogP contribution in [0.4, 0.5) is 0 Å². The number of furan rings is 1. The van der Waals surface area contributed by atoms with Crippen LogP contribution in [0.1, 0.15) is 24.8 Å². The molecule has 1 fully saturated rings. The summed E-state index contributed by atoms with van der Waals surface area (Å²) in [5.74, 6) is 1.53. The number of fused-ring (bicyclic) bond motifs is 1. The second-order valence-electron chi connectivity index (χ2n) is 5.16. The number of para-hydroxylation sites is 1. The summed E-state index contributed by atoms with van der Waals surface area (Å²) in [5.41, 5.74) is 6.41. The average Bonchev–Trinajstić information content (AvgIpc) is 3.24. The third-order valence-corrected chi connectivity index (χ3v) is 3.73. The Morgan fingerprint density at radius 2 is 2.14 bits per heavy atom. The number of benzene rings is 1. The zero-order valence-electron chi connectivity index (χ0n) is 11.4. The SMILES string of the molecule is NCC1CCC(c2nc(-c3cc4ccccc4o3)no2)O1. The van der Waals surface area contributed by atoms with Gasteiger partial charge in [0.1, 0.15) is 11.7 Å². The summed E-state index contributed by atoms with van der Waals surface area (Å²) in [6.45, 7) is 0.515. The van der Waals surface area contributed by atoms with Gasteiger partial charge >= 0.3 is 0 Å². The van der Waals surface area contributed by atoms with Crippen LogP contribution in [-0.2, 0) is 4.74 Å². The lowest BCUT2D eigenvalue weighted by Crippen LogP contribution is -2.18. The van der Waals surface area contributed by atoms with Gasteiger partial charge in [0, 0.05) is 11.9 Å². The van der Waals surface area contributed by atoms with Crippen LogP contribution < -0.4 is 5.73 Å². The van der Waals surface area contributed by atoms with Crippen LogP contribution in [0, 0.1) is 0 Å². The number of hydrogen-bond donors (Lipinski definition) is 1. The Kier molecular flexibility index (Phi) is 2.98. The standard InChI is InChI=1S/C15H15N3O3/c16-8-10-5-6-12(19-10)15-17-14(18-21-15)13-7-9-3-1-2-4-11(9)20-13/h1-4,7,10,12H,5-6,8,16H2. The van der Waals surface area contributed by atoms with Gasteiger partial charge in [-0.05, 0) is 25.0 Å². The summed E-state index contributed by atoms with van der Waals surface area (Å²) >= 11 is 0. The molecule has 2 unspecified atom stereocenters. The molecule has 3 heterocycles. The van der Waals surface area contributed by atoms with Crippen molar-refractivity contribution >= 4 is 11.0 Å². The van der Waals surface area contributed by atoms with Crippen LogP contribution in [0.25, 0.3) is 22.6 Å². The zero-order valence-corrected chi connectivity index (χ0v) is 11.4. The molecule has 0 bridgehead atoms. The lowest BCUT2D eigenvalue weighted by molar-refractivity contribution is 0.0307. The molecular weight excluding hydrogens is 270 g/mol. The van der Waals surface area contributed by atoms with E-state index in [2.05, 4.69) is 10.1 Å². The van der Waals surface area contributed by atoms with Crippen molar-refractivity contribution in [2.75, 3.05) is 6.54 Å². The first-order chi connectivity index (χ1) is 10.3. The first-order valence-corrected chi connectivity index (χ1v) is 7.01. The number of hydrogen-bond acceptors (Lipinski definition) is 6. The molecule has 1 aromatic carbocycles. The second kappa shape index (κ2) is 4.98. The summed E-state index contributed by atoms with van der Waals surface area (Å²) < 4.78 is 16.8. The van der Waals surface area contributed by atoms with Crippen molar-refractivity contribution in [3.63, 3.8) is 0 Å². The molecular formula is C15H15N3O3. The third-order valence-electron chi connectivity index (χ3n) is 3.73. The molecule has 1 aliphatic heterocycles. The van der Waals surface area contributed by atoms with Gasteiger partial charge in [-0.25, -0.2) is 0 Å². The molecule has 4 rings (SSSR count). The second-order valence-corrected chi connectivity index (χ2v) is 5.16.